The van der Waals surface area contributed by atoms with E-state index in [2.05, 4.69) is 0 Å². The van der Waals surface area contributed by atoms with Crippen LogP contribution in [0.4, 0.5) is 0 Å². The van der Waals surface area contributed by atoms with E-state index >= 15 is 0 Å². The molecule has 11 N–H and O–H groups in total. The van der Waals surface area contributed by atoms with Gasteiger partial charge in [0.15, 0.2) is 12.1 Å². The molecule has 2 saturated heterocycles. The minimum atomic E-state index is -2.33. The second kappa shape index (κ2) is 27.6. The van der Waals surface area contributed by atoms with Crippen molar-refractivity contribution < 1.29 is 84.7 Å². The fourth-order valence-electron chi connectivity index (χ4n) is 8.29. The Balaban J connectivity index is 1.84. The van der Waals surface area contributed by atoms with Crippen molar-refractivity contribution in [3.05, 3.63) is 72.9 Å². The zero-order chi connectivity index (χ0) is 48.4. The van der Waals surface area contributed by atoms with Gasteiger partial charge in [0.25, 0.3) is 0 Å². The molecule has 3 aliphatic rings. The fourth-order valence-corrected chi connectivity index (χ4v) is 8.29. The van der Waals surface area contributed by atoms with Crippen LogP contribution in [0.15, 0.2) is 72.9 Å². The van der Waals surface area contributed by atoms with Gasteiger partial charge in [0.1, 0.15) is 18.1 Å². The first-order chi connectivity index (χ1) is 30.6. The van der Waals surface area contributed by atoms with Crippen molar-refractivity contribution >= 4 is 11.9 Å². The summed E-state index contributed by atoms with van der Waals surface area (Å²) in [5.41, 5.74) is 0. The molecule has 1 unspecified atom stereocenters. The molecule has 3 heterocycles. The summed E-state index contributed by atoms with van der Waals surface area (Å²) in [4.78, 5) is 25.1. The maximum atomic E-state index is 12.6. The van der Waals surface area contributed by atoms with Crippen molar-refractivity contribution in [3.63, 3.8) is 0 Å². The number of hydrogen-bond donors (Lipinski definition) is 11. The van der Waals surface area contributed by atoms with Crippen LogP contribution in [0.5, 0.6) is 0 Å². The zero-order valence-electron chi connectivity index (χ0n) is 38.3. The van der Waals surface area contributed by atoms with Gasteiger partial charge in [0, 0.05) is 37.0 Å². The summed E-state index contributed by atoms with van der Waals surface area (Å²) in [7, 11) is 0. The number of cyclic esters (lactones) is 1. The van der Waals surface area contributed by atoms with Crippen LogP contribution in [0.1, 0.15) is 98.8 Å². The molecule has 370 valence electrons. The summed E-state index contributed by atoms with van der Waals surface area (Å²) in [6, 6.07) is 0. The fraction of sp³-hybridized carbons (Fsp3) is 0.708. The zero-order valence-corrected chi connectivity index (χ0v) is 38.3. The van der Waals surface area contributed by atoms with Crippen LogP contribution < -0.4 is 0 Å². The van der Waals surface area contributed by atoms with Crippen LogP contribution in [0, 0.1) is 23.7 Å². The standard InChI is InChI=1S/C48H76O17/c1-28-18-16-14-12-10-8-6-7-9-11-13-15-17-19-36(64-47-45(58)30(3)44(57)32(5)63-47)25-40-42(46(59)60)39(54)27-48(61,65-40)26-38(53)37(52)21-20-33(49)22-34(50)23-35(51)24-41(55)62-31(4)29(2)43(28)56/h6-7,9,11-19,28-40,42-45,47,49-54,56-58,61H,8,10,20-27H2,1-5H3,(H,59,60)/b7-6+,11-9+,14-12+,15-13+,18-16+,19-17+/t28-,29-,30-,31-,32+,33+,34+,35+,36-,37+,38+,39-,40-,42+,43+,44-,45-,47?,48+/m0/s1. The molecule has 0 aromatic rings. The monoisotopic (exact) mass is 925 g/mol. The number of carbonyl (C=O) groups excluding carboxylic acids is 1. The molecule has 2 bridgehead atoms. The normalized spacial score (nSPS) is 45.2. The largest absolute Gasteiger partial charge is 0.481 e. The summed E-state index contributed by atoms with van der Waals surface area (Å²) < 4.78 is 23.3. The van der Waals surface area contributed by atoms with Gasteiger partial charge in [0.05, 0.1) is 73.6 Å². The van der Waals surface area contributed by atoms with Gasteiger partial charge in [-0.25, -0.2) is 0 Å². The van der Waals surface area contributed by atoms with Gasteiger partial charge in [0.2, 0.25) is 0 Å². The molecule has 0 spiro atoms. The highest BCUT2D eigenvalue weighted by Gasteiger charge is 2.51. The van der Waals surface area contributed by atoms with Gasteiger partial charge >= 0.3 is 11.9 Å². The van der Waals surface area contributed by atoms with E-state index in [1.54, 1.807) is 58.1 Å². The summed E-state index contributed by atoms with van der Waals surface area (Å²) in [6.07, 6.45) is 3.46. The van der Waals surface area contributed by atoms with E-state index in [0.29, 0.717) is 0 Å². The minimum absolute atomic E-state index is 0.129. The molecule has 65 heavy (non-hydrogen) atoms. The number of rotatable bonds is 3. The number of esters is 1. The third-order valence-corrected chi connectivity index (χ3v) is 12.5. The lowest BCUT2D eigenvalue weighted by Gasteiger charge is -2.45. The Hall–Kier alpha value is -3.14. The Morgan fingerprint density at radius 2 is 1.23 bits per heavy atom. The molecule has 2 fully saturated rings. The number of allylic oxidation sites excluding steroid dienone is 10. The van der Waals surface area contributed by atoms with E-state index in [9.17, 15) is 65.8 Å². The molecule has 0 amide bonds. The highest BCUT2D eigenvalue weighted by Crippen LogP contribution is 2.38. The number of aliphatic hydroxyl groups is 10. The first kappa shape index (κ1) is 56.2. The highest BCUT2D eigenvalue weighted by molar-refractivity contribution is 5.71. The van der Waals surface area contributed by atoms with Crippen LogP contribution in [0.2, 0.25) is 0 Å². The molecular weight excluding hydrogens is 849 g/mol. The number of aliphatic hydroxyl groups excluding tert-OH is 9. The molecule has 17 nitrogen and oxygen atoms in total. The van der Waals surface area contributed by atoms with Gasteiger partial charge in [-0.05, 0) is 52.4 Å². The maximum absolute atomic E-state index is 12.6. The minimum Gasteiger partial charge on any atom is -0.481 e. The lowest BCUT2D eigenvalue weighted by molar-refractivity contribution is -0.312. The number of carbonyl (C=O) groups is 2. The first-order valence-electron chi connectivity index (χ1n) is 22.9. The van der Waals surface area contributed by atoms with E-state index in [1.165, 1.54) is 0 Å². The third kappa shape index (κ3) is 18.8. The predicted molar refractivity (Wildman–Crippen MR) is 238 cm³/mol. The lowest BCUT2D eigenvalue weighted by atomic mass is 9.82. The van der Waals surface area contributed by atoms with Crippen LogP contribution >= 0.6 is 0 Å². The van der Waals surface area contributed by atoms with Crippen LogP contribution in [-0.2, 0) is 28.5 Å². The number of carboxylic acid groups (broad SMARTS) is 1. The van der Waals surface area contributed by atoms with E-state index in [1.807, 2.05) is 49.5 Å². The van der Waals surface area contributed by atoms with Gasteiger partial charge < -0.3 is 75.1 Å². The quantitative estimate of drug-likeness (QED) is 0.181. The SMILES string of the molecule is C[C@@H]1[C@H](O)[C@@H](C)/C=C/C=C/CC/C=C/C=C/C=C/C=C/[C@H](OC2O[C@H](C)[C@@H](O)[C@H](C)[C@@H]2O)C[C@@H]2O[C@](O)(C[C@@H](O)[C@H](O)CC[C@@H](O)C[C@@H](O)C[C@@H](O)CC(=O)O[C@H]1C)C[C@H](O)[C@H]2C(=O)O. The lowest BCUT2D eigenvalue weighted by Crippen LogP contribution is -2.57. The summed E-state index contributed by atoms with van der Waals surface area (Å²) in [5.74, 6) is -7.39. The van der Waals surface area contributed by atoms with E-state index in [-0.39, 0.29) is 38.0 Å². The number of hydrogen-bond acceptors (Lipinski definition) is 16. The van der Waals surface area contributed by atoms with E-state index < -0.39 is 140 Å². The van der Waals surface area contributed by atoms with Gasteiger partial charge in [-0.1, -0.05) is 93.7 Å². The predicted octanol–water partition coefficient (Wildman–Crippen LogP) is 2.24. The Labute approximate surface area is 382 Å². The van der Waals surface area contributed by atoms with Crippen LogP contribution in [-0.4, -0.2) is 160 Å². The highest BCUT2D eigenvalue weighted by atomic mass is 16.7. The molecule has 0 radical (unpaired) electrons. The van der Waals surface area contributed by atoms with Gasteiger partial charge in [-0.3, -0.25) is 9.59 Å². The van der Waals surface area contributed by atoms with Crippen molar-refractivity contribution in [2.75, 3.05) is 0 Å². The Bertz CT molecular complexity index is 1610. The van der Waals surface area contributed by atoms with Crippen molar-refractivity contribution in [2.45, 2.75) is 190 Å². The summed E-state index contributed by atoms with van der Waals surface area (Å²) >= 11 is 0. The van der Waals surface area contributed by atoms with Crippen molar-refractivity contribution in [3.8, 4) is 0 Å². The molecule has 19 atom stereocenters. The summed E-state index contributed by atoms with van der Waals surface area (Å²) in [6.45, 7) is 8.50. The average Bonchev–Trinajstić information content (AvgIpc) is 3.21. The molecule has 0 aromatic heterocycles. The van der Waals surface area contributed by atoms with Crippen LogP contribution in [0.3, 0.4) is 0 Å². The molecule has 3 rings (SSSR count). The molecule has 3 aliphatic heterocycles. The van der Waals surface area contributed by atoms with Gasteiger partial charge in [-0.2, -0.15) is 0 Å². The number of ether oxygens (including phenoxy) is 4. The van der Waals surface area contributed by atoms with Crippen molar-refractivity contribution in [1.82, 2.24) is 0 Å². The van der Waals surface area contributed by atoms with E-state index in [4.69, 9.17) is 18.9 Å². The molecule has 0 aromatic carbocycles. The van der Waals surface area contributed by atoms with Crippen molar-refractivity contribution in [2.24, 2.45) is 23.7 Å². The van der Waals surface area contributed by atoms with Crippen LogP contribution in [0.25, 0.3) is 0 Å². The maximum Gasteiger partial charge on any atom is 0.311 e. The molecule has 0 saturated carbocycles. The molecule has 0 aliphatic carbocycles. The third-order valence-electron chi connectivity index (χ3n) is 12.5. The second-order valence-electron chi connectivity index (χ2n) is 18.1. The van der Waals surface area contributed by atoms with Gasteiger partial charge in [-0.15, -0.1) is 0 Å². The number of carboxylic acids is 1. The Morgan fingerprint density at radius 3 is 1.89 bits per heavy atom. The Morgan fingerprint density at radius 1 is 0.646 bits per heavy atom. The topological polar surface area (TPSA) is 294 Å². The smallest absolute Gasteiger partial charge is 0.311 e. The Kier molecular flexibility index (Phi) is 23.9. The number of fused-ring (bicyclic) bond motifs is 2. The molecule has 17 heteroatoms. The first-order valence-corrected chi connectivity index (χ1v) is 22.9. The average molecular weight is 925 g/mol. The summed E-state index contributed by atoms with van der Waals surface area (Å²) in [5, 5.41) is 119. The van der Waals surface area contributed by atoms with E-state index in [0.717, 1.165) is 12.8 Å². The molecular formula is C48H76O17. The number of aliphatic carboxylic acids is 1. The second-order valence-corrected chi connectivity index (χ2v) is 18.1. The van der Waals surface area contributed by atoms with Crippen molar-refractivity contribution in [1.29, 1.82) is 0 Å².